The summed E-state index contributed by atoms with van der Waals surface area (Å²) >= 11 is 6.20. The molecular weight excluding hydrogens is 416 g/mol. The van der Waals surface area contributed by atoms with E-state index in [4.69, 9.17) is 16.1 Å². The second-order valence-corrected chi connectivity index (χ2v) is 7.92. The fraction of sp³-hybridized carbons (Fsp3) is 0.304. The Morgan fingerprint density at radius 1 is 1.23 bits per heavy atom. The molecule has 0 aliphatic carbocycles. The number of likely N-dealkylation sites (tertiary alicyclic amines) is 1. The van der Waals surface area contributed by atoms with Gasteiger partial charge in [0.25, 0.3) is 5.91 Å². The number of hydrogen-bond acceptors (Lipinski definition) is 5. The minimum Gasteiger partial charge on any atom is -0.339 e. The molecular formula is C23H23ClN4O3. The smallest absolute Gasteiger partial charge is 0.255 e. The molecule has 4 rings (SSSR count). The highest BCUT2D eigenvalue weighted by Gasteiger charge is 2.30. The van der Waals surface area contributed by atoms with E-state index in [1.54, 1.807) is 30.0 Å². The summed E-state index contributed by atoms with van der Waals surface area (Å²) in [5.74, 6) is 0.780. The molecule has 31 heavy (non-hydrogen) atoms. The molecule has 1 aliphatic heterocycles. The highest BCUT2D eigenvalue weighted by atomic mass is 35.5. The van der Waals surface area contributed by atoms with Crippen molar-refractivity contribution in [2.75, 3.05) is 18.4 Å². The number of aromatic nitrogens is 2. The van der Waals surface area contributed by atoms with Crippen LogP contribution in [0.1, 0.15) is 48.4 Å². The van der Waals surface area contributed by atoms with Crippen LogP contribution in [0.25, 0.3) is 11.4 Å². The van der Waals surface area contributed by atoms with Crippen molar-refractivity contribution in [3.63, 3.8) is 0 Å². The van der Waals surface area contributed by atoms with E-state index in [-0.39, 0.29) is 17.7 Å². The van der Waals surface area contributed by atoms with Crippen LogP contribution >= 0.6 is 11.6 Å². The summed E-state index contributed by atoms with van der Waals surface area (Å²) in [7, 11) is 0. The first-order chi connectivity index (χ1) is 15.0. The number of amides is 2. The molecule has 1 atom stereocenters. The SMILES string of the molecule is CCC(=O)Nc1cccc(-c2noc([C@H]3CCCN(C(=O)c4ccccc4Cl)C3)n2)c1. The van der Waals surface area contributed by atoms with E-state index in [1.165, 1.54) is 0 Å². The van der Waals surface area contributed by atoms with E-state index in [1.807, 2.05) is 30.3 Å². The zero-order valence-electron chi connectivity index (χ0n) is 17.2. The predicted molar refractivity (Wildman–Crippen MR) is 118 cm³/mol. The third kappa shape index (κ3) is 4.77. The van der Waals surface area contributed by atoms with Crippen molar-refractivity contribution in [3.8, 4) is 11.4 Å². The zero-order chi connectivity index (χ0) is 21.8. The van der Waals surface area contributed by atoms with Gasteiger partial charge >= 0.3 is 0 Å². The Labute approximate surface area is 185 Å². The molecule has 8 heteroatoms. The summed E-state index contributed by atoms with van der Waals surface area (Å²) in [5, 5.41) is 7.40. The fourth-order valence-electron chi connectivity index (χ4n) is 3.67. The molecule has 2 amide bonds. The maximum atomic E-state index is 12.9. The molecule has 3 aromatic rings. The molecule has 0 saturated carbocycles. The lowest BCUT2D eigenvalue weighted by Gasteiger charge is -2.31. The number of nitrogens with one attached hydrogen (secondary N) is 1. The Morgan fingerprint density at radius 3 is 2.87 bits per heavy atom. The average Bonchev–Trinajstić information content (AvgIpc) is 3.30. The van der Waals surface area contributed by atoms with Gasteiger partial charge in [-0.3, -0.25) is 9.59 Å². The van der Waals surface area contributed by atoms with Crippen LogP contribution in [0.3, 0.4) is 0 Å². The van der Waals surface area contributed by atoms with E-state index in [0.717, 1.165) is 18.4 Å². The Kier molecular flexibility index (Phi) is 6.32. The summed E-state index contributed by atoms with van der Waals surface area (Å²) in [6.45, 7) is 2.97. The second-order valence-electron chi connectivity index (χ2n) is 7.51. The van der Waals surface area contributed by atoms with Crippen LogP contribution in [-0.4, -0.2) is 39.9 Å². The van der Waals surface area contributed by atoms with Crippen LogP contribution in [0, 0.1) is 0 Å². The molecule has 0 unspecified atom stereocenters. The van der Waals surface area contributed by atoms with Gasteiger partial charge in [0.15, 0.2) is 0 Å². The molecule has 1 aliphatic rings. The molecule has 1 N–H and O–H groups in total. The maximum Gasteiger partial charge on any atom is 0.255 e. The van der Waals surface area contributed by atoms with Crippen molar-refractivity contribution in [2.45, 2.75) is 32.1 Å². The number of rotatable bonds is 5. The van der Waals surface area contributed by atoms with E-state index in [9.17, 15) is 9.59 Å². The van der Waals surface area contributed by atoms with Crippen LogP contribution in [0.2, 0.25) is 5.02 Å². The van der Waals surface area contributed by atoms with Gasteiger partial charge in [-0.1, -0.05) is 47.9 Å². The Balaban J connectivity index is 1.49. The molecule has 0 bridgehead atoms. The molecule has 1 fully saturated rings. The number of nitrogens with zero attached hydrogens (tertiary/aromatic N) is 3. The van der Waals surface area contributed by atoms with Crippen LogP contribution in [0.4, 0.5) is 5.69 Å². The van der Waals surface area contributed by atoms with Gasteiger partial charge in [-0.15, -0.1) is 0 Å². The summed E-state index contributed by atoms with van der Waals surface area (Å²) in [5.41, 5.74) is 1.94. The van der Waals surface area contributed by atoms with Gasteiger partial charge in [0.05, 0.1) is 16.5 Å². The number of carbonyl (C=O) groups excluding carboxylic acids is 2. The molecule has 160 valence electrons. The van der Waals surface area contributed by atoms with Crippen molar-refractivity contribution in [2.24, 2.45) is 0 Å². The summed E-state index contributed by atoms with van der Waals surface area (Å²) in [4.78, 5) is 30.9. The minimum atomic E-state index is -0.0885. The van der Waals surface area contributed by atoms with E-state index >= 15 is 0 Å². The third-order valence-corrected chi connectivity index (χ3v) is 5.66. The first-order valence-corrected chi connectivity index (χ1v) is 10.7. The zero-order valence-corrected chi connectivity index (χ0v) is 17.9. The Bertz CT molecular complexity index is 1100. The quantitative estimate of drug-likeness (QED) is 0.620. The molecule has 1 aromatic heterocycles. The van der Waals surface area contributed by atoms with Gasteiger partial charge < -0.3 is 14.7 Å². The lowest BCUT2D eigenvalue weighted by atomic mass is 9.97. The minimum absolute atomic E-state index is 0.0376. The number of hydrogen-bond donors (Lipinski definition) is 1. The summed E-state index contributed by atoms with van der Waals surface area (Å²) in [6.07, 6.45) is 2.11. The number of anilines is 1. The molecule has 7 nitrogen and oxygen atoms in total. The third-order valence-electron chi connectivity index (χ3n) is 5.33. The van der Waals surface area contributed by atoms with E-state index < -0.39 is 0 Å². The topological polar surface area (TPSA) is 88.3 Å². The second kappa shape index (κ2) is 9.31. The Morgan fingerprint density at radius 2 is 2.06 bits per heavy atom. The first-order valence-electron chi connectivity index (χ1n) is 10.3. The van der Waals surface area contributed by atoms with Gasteiger partial charge in [0, 0.05) is 30.8 Å². The summed E-state index contributed by atoms with van der Waals surface area (Å²) < 4.78 is 5.55. The van der Waals surface area contributed by atoms with Crippen molar-refractivity contribution in [3.05, 3.63) is 65.0 Å². The molecule has 2 aromatic carbocycles. The van der Waals surface area contributed by atoms with Crippen molar-refractivity contribution in [1.82, 2.24) is 15.0 Å². The summed E-state index contributed by atoms with van der Waals surface area (Å²) in [6, 6.07) is 14.4. The Hall–Kier alpha value is -3.19. The number of halogens is 1. The number of piperidine rings is 1. The van der Waals surface area contributed by atoms with Gasteiger partial charge in [0.1, 0.15) is 0 Å². The van der Waals surface area contributed by atoms with Gasteiger partial charge in [0.2, 0.25) is 17.6 Å². The molecule has 2 heterocycles. The highest BCUT2D eigenvalue weighted by molar-refractivity contribution is 6.33. The van der Waals surface area contributed by atoms with E-state index in [0.29, 0.717) is 47.5 Å². The normalized spacial score (nSPS) is 16.2. The number of benzene rings is 2. The van der Waals surface area contributed by atoms with Crippen LogP contribution in [0.15, 0.2) is 53.1 Å². The standard InChI is InChI=1S/C23H23ClN4O3/c1-2-20(29)25-17-9-5-7-15(13-17)21-26-22(31-27-21)16-8-6-12-28(14-16)23(30)18-10-3-4-11-19(18)24/h3-5,7,9-11,13,16H,2,6,8,12,14H2,1H3,(H,25,29)/t16-/m0/s1. The van der Waals surface area contributed by atoms with Gasteiger partial charge in [-0.05, 0) is 37.1 Å². The fourth-order valence-corrected chi connectivity index (χ4v) is 3.89. The van der Waals surface area contributed by atoms with Crippen molar-refractivity contribution in [1.29, 1.82) is 0 Å². The average molecular weight is 439 g/mol. The predicted octanol–water partition coefficient (Wildman–Crippen LogP) is 4.76. The van der Waals surface area contributed by atoms with Crippen LogP contribution < -0.4 is 5.32 Å². The van der Waals surface area contributed by atoms with Crippen molar-refractivity contribution >= 4 is 29.1 Å². The van der Waals surface area contributed by atoms with E-state index in [2.05, 4.69) is 15.5 Å². The van der Waals surface area contributed by atoms with Gasteiger partial charge in [-0.2, -0.15) is 4.98 Å². The lowest BCUT2D eigenvalue weighted by molar-refractivity contribution is -0.115. The van der Waals surface area contributed by atoms with Crippen molar-refractivity contribution < 1.29 is 14.1 Å². The lowest BCUT2D eigenvalue weighted by Crippen LogP contribution is -2.39. The van der Waals surface area contributed by atoms with Crippen LogP contribution in [-0.2, 0) is 4.79 Å². The molecule has 0 spiro atoms. The first kappa shape index (κ1) is 21.1. The monoisotopic (exact) mass is 438 g/mol. The maximum absolute atomic E-state index is 12.9. The van der Waals surface area contributed by atoms with Gasteiger partial charge in [-0.25, -0.2) is 0 Å². The highest BCUT2D eigenvalue weighted by Crippen LogP contribution is 2.29. The van der Waals surface area contributed by atoms with Crippen LogP contribution in [0.5, 0.6) is 0 Å². The largest absolute Gasteiger partial charge is 0.339 e. The molecule has 0 radical (unpaired) electrons. The number of carbonyl (C=O) groups is 2. The molecule has 1 saturated heterocycles.